The lowest BCUT2D eigenvalue weighted by atomic mass is 10.1. The van der Waals surface area contributed by atoms with Gasteiger partial charge in [0.2, 0.25) is 5.78 Å². The van der Waals surface area contributed by atoms with Crippen molar-refractivity contribution in [2.24, 2.45) is 0 Å². The summed E-state index contributed by atoms with van der Waals surface area (Å²) < 4.78 is 4.94. The van der Waals surface area contributed by atoms with E-state index in [9.17, 15) is 19.5 Å². The molecule has 21 heavy (non-hydrogen) atoms. The molecular weight excluding hydrogens is 278 g/mol. The average Bonchev–Trinajstić information content (AvgIpc) is 2.45. The highest BCUT2D eigenvalue weighted by Crippen LogP contribution is 2.03. The lowest BCUT2D eigenvalue weighted by Crippen LogP contribution is -2.42. The first kappa shape index (κ1) is 16.6. The highest BCUT2D eigenvalue weighted by atomic mass is 16.5. The van der Waals surface area contributed by atoms with Gasteiger partial charge in [-0.05, 0) is 12.5 Å². The van der Waals surface area contributed by atoms with Gasteiger partial charge in [0.15, 0.2) is 0 Å². The van der Waals surface area contributed by atoms with Crippen molar-refractivity contribution in [3.05, 3.63) is 35.9 Å². The lowest BCUT2D eigenvalue weighted by Gasteiger charge is -2.18. The number of carboxylic acid groups (broad SMARTS) is 1. The number of hydrogen-bond donors (Lipinski definition) is 3. The minimum absolute atomic E-state index is 0.0730. The number of aliphatic carboxylic acids is 1. The molecule has 0 heterocycles. The van der Waals surface area contributed by atoms with Gasteiger partial charge in [-0.3, -0.25) is 4.79 Å². The number of carbonyl (C=O) groups is 3. The minimum atomic E-state index is -1.62. The van der Waals surface area contributed by atoms with Crippen molar-refractivity contribution in [2.75, 3.05) is 0 Å². The Bertz CT molecular complexity index is 501. The van der Waals surface area contributed by atoms with Gasteiger partial charge in [0.1, 0.15) is 6.61 Å². The molecule has 1 amide bonds. The molecule has 1 aromatic carbocycles. The van der Waals surface area contributed by atoms with Gasteiger partial charge in [0.05, 0.1) is 12.1 Å². The van der Waals surface area contributed by atoms with Gasteiger partial charge >= 0.3 is 12.1 Å². The number of alkyl carbamates (subject to hydrolysis) is 1. The predicted octanol–water partition coefficient (Wildman–Crippen LogP) is 0.706. The maximum Gasteiger partial charge on any atom is 0.407 e. The Morgan fingerprint density at radius 3 is 2.43 bits per heavy atom. The second kappa shape index (κ2) is 8.01. The number of ether oxygens (including phenoxy) is 1. The molecule has 0 radical (unpaired) electrons. The predicted molar refractivity (Wildman–Crippen MR) is 72.5 cm³/mol. The molecule has 0 aliphatic rings. The molecule has 7 heteroatoms. The highest BCUT2D eigenvalue weighted by molar-refractivity contribution is 6.32. The third kappa shape index (κ3) is 6.05. The fraction of sp³-hybridized carbons (Fsp3) is 0.357. The number of rotatable bonds is 7. The van der Waals surface area contributed by atoms with E-state index in [1.807, 2.05) is 6.07 Å². The maximum absolute atomic E-state index is 11.5. The fourth-order valence-corrected chi connectivity index (χ4v) is 1.50. The monoisotopic (exact) mass is 295 g/mol. The Hall–Kier alpha value is -2.41. The Morgan fingerprint density at radius 1 is 1.24 bits per heavy atom. The summed E-state index contributed by atoms with van der Waals surface area (Å²) in [6.45, 7) is 1.52. The second-order valence-electron chi connectivity index (χ2n) is 4.49. The van der Waals surface area contributed by atoms with Crippen LogP contribution in [0.15, 0.2) is 30.3 Å². The molecule has 0 bridgehead atoms. The fourth-order valence-electron chi connectivity index (χ4n) is 1.50. The Morgan fingerprint density at radius 2 is 1.86 bits per heavy atom. The van der Waals surface area contributed by atoms with Gasteiger partial charge in [-0.1, -0.05) is 30.3 Å². The summed E-state index contributed by atoms with van der Waals surface area (Å²) in [5.41, 5.74) is 0.807. The van der Waals surface area contributed by atoms with Crippen molar-refractivity contribution in [2.45, 2.75) is 32.1 Å². The number of carbonyl (C=O) groups excluding carboxylic acids is 2. The van der Waals surface area contributed by atoms with Crippen LogP contribution in [-0.2, 0) is 20.9 Å². The molecule has 0 saturated carbocycles. The van der Waals surface area contributed by atoms with E-state index in [0.29, 0.717) is 0 Å². The summed E-state index contributed by atoms with van der Waals surface area (Å²) in [6.07, 6.45) is -2.62. The van der Waals surface area contributed by atoms with Gasteiger partial charge in [-0.2, -0.15) is 0 Å². The van der Waals surface area contributed by atoms with Gasteiger partial charge in [0, 0.05) is 6.42 Å². The molecule has 0 spiro atoms. The van der Waals surface area contributed by atoms with Crippen LogP contribution in [0, 0.1) is 0 Å². The molecule has 0 aliphatic heterocycles. The number of aliphatic hydroxyl groups is 1. The van der Waals surface area contributed by atoms with Gasteiger partial charge in [-0.25, -0.2) is 9.59 Å². The molecule has 1 aromatic rings. The summed E-state index contributed by atoms with van der Waals surface area (Å²) in [5.74, 6) is -2.73. The van der Waals surface area contributed by atoms with E-state index < -0.39 is 36.4 Å². The molecule has 7 nitrogen and oxygen atoms in total. The van der Waals surface area contributed by atoms with Crippen LogP contribution in [0.2, 0.25) is 0 Å². The summed E-state index contributed by atoms with van der Waals surface area (Å²) in [7, 11) is 0. The van der Waals surface area contributed by atoms with Crippen molar-refractivity contribution in [3.63, 3.8) is 0 Å². The van der Waals surface area contributed by atoms with Crippen molar-refractivity contribution < 1.29 is 29.3 Å². The van der Waals surface area contributed by atoms with Crippen molar-refractivity contribution in [3.8, 4) is 0 Å². The second-order valence-corrected chi connectivity index (χ2v) is 4.49. The van der Waals surface area contributed by atoms with E-state index >= 15 is 0 Å². The van der Waals surface area contributed by atoms with E-state index in [0.717, 1.165) is 5.56 Å². The zero-order valence-corrected chi connectivity index (χ0v) is 11.5. The van der Waals surface area contributed by atoms with Crippen LogP contribution in [0.25, 0.3) is 0 Å². The molecule has 1 rings (SSSR count). The van der Waals surface area contributed by atoms with Crippen LogP contribution < -0.4 is 5.32 Å². The van der Waals surface area contributed by atoms with E-state index in [2.05, 4.69) is 5.32 Å². The van der Waals surface area contributed by atoms with Crippen LogP contribution in [0.5, 0.6) is 0 Å². The first-order valence-corrected chi connectivity index (χ1v) is 6.31. The first-order chi connectivity index (χ1) is 9.90. The van der Waals surface area contributed by atoms with Crippen molar-refractivity contribution in [1.29, 1.82) is 0 Å². The molecule has 114 valence electrons. The topological polar surface area (TPSA) is 113 Å². The Kier molecular flexibility index (Phi) is 6.35. The molecule has 2 atom stereocenters. The molecule has 1 unspecified atom stereocenters. The number of carboxylic acids is 1. The number of Topliss-reactive ketones (excluding diaryl/α,β-unsaturated/α-hetero) is 1. The van der Waals surface area contributed by atoms with Crippen LogP contribution in [0.3, 0.4) is 0 Å². The standard InChI is InChI=1S/C14H17NO6/c1-9(11(16)7-12(17)13(18)19)15-14(20)21-8-10-5-3-2-4-6-10/h2-6,9,11,16H,7-8H2,1H3,(H,15,20)(H,18,19)/t9-,11?/m1/s1. The van der Waals surface area contributed by atoms with Gasteiger partial charge < -0.3 is 20.3 Å². The molecular formula is C14H17NO6. The Labute approximate surface area is 121 Å². The zero-order chi connectivity index (χ0) is 15.8. The van der Waals surface area contributed by atoms with Crippen LogP contribution in [0.4, 0.5) is 4.79 Å². The number of hydrogen-bond acceptors (Lipinski definition) is 5. The summed E-state index contributed by atoms with van der Waals surface area (Å²) in [5, 5.41) is 20.4. The van der Waals surface area contributed by atoms with Gasteiger partial charge in [-0.15, -0.1) is 0 Å². The van der Waals surface area contributed by atoms with E-state index in [1.54, 1.807) is 24.3 Å². The molecule has 0 saturated heterocycles. The average molecular weight is 295 g/mol. The molecule has 3 N–H and O–H groups in total. The van der Waals surface area contributed by atoms with Crippen LogP contribution in [-0.4, -0.2) is 40.2 Å². The highest BCUT2D eigenvalue weighted by Gasteiger charge is 2.23. The van der Waals surface area contributed by atoms with Crippen LogP contribution in [0.1, 0.15) is 18.9 Å². The van der Waals surface area contributed by atoms with E-state index in [4.69, 9.17) is 9.84 Å². The van der Waals surface area contributed by atoms with Crippen molar-refractivity contribution in [1.82, 2.24) is 5.32 Å². The number of amides is 1. The third-order valence-electron chi connectivity index (χ3n) is 2.77. The largest absolute Gasteiger partial charge is 0.475 e. The lowest BCUT2D eigenvalue weighted by molar-refractivity contribution is -0.150. The number of aliphatic hydroxyl groups excluding tert-OH is 1. The number of nitrogens with one attached hydrogen (secondary N) is 1. The SMILES string of the molecule is C[C@@H](NC(=O)OCc1ccccc1)C(O)CC(=O)C(=O)O. The van der Waals surface area contributed by atoms with E-state index in [1.165, 1.54) is 6.92 Å². The van der Waals surface area contributed by atoms with Gasteiger partial charge in [0.25, 0.3) is 0 Å². The minimum Gasteiger partial charge on any atom is -0.475 e. The smallest absolute Gasteiger partial charge is 0.407 e. The quantitative estimate of drug-likeness (QED) is 0.638. The molecule has 0 aliphatic carbocycles. The Balaban J connectivity index is 2.36. The van der Waals surface area contributed by atoms with Crippen LogP contribution >= 0.6 is 0 Å². The summed E-state index contributed by atoms with van der Waals surface area (Å²) in [4.78, 5) is 32.8. The third-order valence-corrected chi connectivity index (χ3v) is 2.77. The summed E-state index contributed by atoms with van der Waals surface area (Å²) >= 11 is 0. The normalized spacial score (nSPS) is 13.0. The number of ketones is 1. The van der Waals surface area contributed by atoms with E-state index in [-0.39, 0.29) is 6.61 Å². The maximum atomic E-state index is 11.5. The molecule has 0 aromatic heterocycles. The molecule has 0 fully saturated rings. The summed E-state index contributed by atoms with van der Waals surface area (Å²) in [6, 6.07) is 8.22. The first-order valence-electron chi connectivity index (χ1n) is 6.31. The zero-order valence-electron chi connectivity index (χ0n) is 11.5. The number of benzene rings is 1. The van der Waals surface area contributed by atoms with Crippen molar-refractivity contribution >= 4 is 17.8 Å².